The van der Waals surface area contributed by atoms with Crippen molar-refractivity contribution in [2.24, 2.45) is 0 Å². The van der Waals surface area contributed by atoms with Gasteiger partial charge in [-0.25, -0.2) is 0 Å². The molecule has 112 valence electrons. The number of benzene rings is 2. The van der Waals surface area contributed by atoms with Crippen LogP contribution in [0.4, 0.5) is 0 Å². The van der Waals surface area contributed by atoms with Crippen molar-refractivity contribution in [3.63, 3.8) is 0 Å². The maximum atomic E-state index is 8.95. The number of nitrogens with zero attached hydrogens (tertiary/aromatic N) is 1. The molecule has 2 aromatic rings. The summed E-state index contributed by atoms with van der Waals surface area (Å²) in [6.07, 6.45) is 4.81. The second-order valence-corrected chi connectivity index (χ2v) is 6.12. The molecule has 0 radical (unpaired) electrons. The molecule has 1 aliphatic rings. The van der Waals surface area contributed by atoms with E-state index >= 15 is 0 Å². The zero-order valence-electron chi connectivity index (χ0n) is 12.3. The van der Waals surface area contributed by atoms with Crippen LogP contribution in [0.25, 0.3) is 0 Å². The van der Waals surface area contributed by atoms with Gasteiger partial charge in [0, 0.05) is 12.0 Å². The van der Waals surface area contributed by atoms with E-state index in [1.54, 1.807) is 12.1 Å². The van der Waals surface area contributed by atoms with Crippen LogP contribution < -0.4 is 4.74 Å². The summed E-state index contributed by atoms with van der Waals surface area (Å²) in [6, 6.07) is 17.9. The molecule has 2 nitrogen and oxygen atoms in total. The molecule has 0 aliphatic heterocycles. The summed E-state index contributed by atoms with van der Waals surface area (Å²) < 4.78 is 6.21. The van der Waals surface area contributed by atoms with Crippen molar-refractivity contribution in [2.45, 2.75) is 37.7 Å². The first kappa shape index (κ1) is 14.9. The summed E-state index contributed by atoms with van der Waals surface area (Å²) >= 11 is 6.10. The standard InChI is InChI=1S/C19H18ClNO/c20-18-12-16(11-10-15(18)13-21)22-19-9-5-4-8-17(19)14-6-2-1-3-7-14/h1-3,6-7,10-12,17,19H,4-5,8-9H2/t17-,19-/m0/s1. The lowest BCUT2D eigenvalue weighted by atomic mass is 9.81. The number of hydrogen-bond donors (Lipinski definition) is 0. The van der Waals surface area contributed by atoms with Gasteiger partial charge in [0.2, 0.25) is 0 Å². The Morgan fingerprint density at radius 2 is 1.82 bits per heavy atom. The maximum Gasteiger partial charge on any atom is 0.121 e. The Labute approximate surface area is 136 Å². The fourth-order valence-corrected chi connectivity index (χ4v) is 3.37. The van der Waals surface area contributed by atoms with E-state index in [-0.39, 0.29) is 6.10 Å². The SMILES string of the molecule is N#Cc1ccc(O[C@H]2CCCC[C@H]2c2ccccc2)cc1Cl. The lowest BCUT2D eigenvalue weighted by Gasteiger charge is -2.32. The van der Waals surface area contributed by atoms with Gasteiger partial charge in [-0.1, -0.05) is 48.4 Å². The molecule has 0 N–H and O–H groups in total. The summed E-state index contributed by atoms with van der Waals surface area (Å²) in [6.45, 7) is 0. The van der Waals surface area contributed by atoms with Crippen molar-refractivity contribution in [3.05, 3.63) is 64.7 Å². The molecule has 0 bridgehead atoms. The summed E-state index contributed by atoms with van der Waals surface area (Å²) in [5.41, 5.74) is 1.82. The highest BCUT2D eigenvalue weighted by Gasteiger charge is 2.28. The van der Waals surface area contributed by atoms with E-state index in [1.807, 2.05) is 12.1 Å². The molecule has 3 heteroatoms. The van der Waals surface area contributed by atoms with Crippen LogP contribution in [0.15, 0.2) is 48.5 Å². The minimum atomic E-state index is 0.167. The third-order valence-corrected chi connectivity index (χ3v) is 4.59. The molecule has 22 heavy (non-hydrogen) atoms. The molecule has 1 aliphatic carbocycles. The molecule has 3 rings (SSSR count). The lowest BCUT2D eigenvalue weighted by molar-refractivity contribution is 0.130. The van der Waals surface area contributed by atoms with Gasteiger partial charge in [0.15, 0.2) is 0 Å². The largest absolute Gasteiger partial charge is 0.490 e. The van der Waals surface area contributed by atoms with Crippen molar-refractivity contribution >= 4 is 11.6 Å². The summed E-state index contributed by atoms with van der Waals surface area (Å²) in [4.78, 5) is 0. The Morgan fingerprint density at radius 3 is 2.55 bits per heavy atom. The van der Waals surface area contributed by atoms with Crippen LogP contribution in [-0.4, -0.2) is 6.10 Å². The molecular formula is C19H18ClNO. The highest BCUT2D eigenvalue weighted by Crippen LogP contribution is 2.36. The zero-order chi connectivity index (χ0) is 15.4. The Hall–Kier alpha value is -1.98. The Morgan fingerprint density at radius 1 is 1.05 bits per heavy atom. The Balaban J connectivity index is 1.80. The van der Waals surface area contributed by atoms with E-state index in [4.69, 9.17) is 21.6 Å². The number of halogens is 1. The van der Waals surface area contributed by atoms with Gasteiger partial charge in [0.05, 0.1) is 10.6 Å². The third kappa shape index (κ3) is 3.26. The van der Waals surface area contributed by atoms with Gasteiger partial charge in [-0.15, -0.1) is 0 Å². The van der Waals surface area contributed by atoms with Crippen molar-refractivity contribution in [3.8, 4) is 11.8 Å². The van der Waals surface area contributed by atoms with Gasteiger partial charge in [0.25, 0.3) is 0 Å². The molecule has 2 atom stereocenters. The van der Waals surface area contributed by atoms with Crippen LogP contribution in [-0.2, 0) is 0 Å². The highest BCUT2D eigenvalue weighted by atomic mass is 35.5. The predicted octanol–water partition coefficient (Wildman–Crippen LogP) is 5.32. The summed E-state index contributed by atoms with van der Waals surface area (Å²) in [5.74, 6) is 1.17. The first-order valence-corrected chi connectivity index (χ1v) is 8.07. The van der Waals surface area contributed by atoms with Gasteiger partial charge in [-0.2, -0.15) is 5.26 Å². The van der Waals surface area contributed by atoms with Crippen LogP contribution in [0.2, 0.25) is 5.02 Å². The number of nitriles is 1. The number of hydrogen-bond acceptors (Lipinski definition) is 2. The first-order valence-electron chi connectivity index (χ1n) is 7.69. The average Bonchev–Trinajstić information content (AvgIpc) is 2.56. The maximum absolute atomic E-state index is 8.95. The molecule has 0 amide bonds. The van der Waals surface area contributed by atoms with Crippen molar-refractivity contribution in [1.29, 1.82) is 5.26 Å². The fraction of sp³-hybridized carbons (Fsp3) is 0.316. The van der Waals surface area contributed by atoms with Crippen LogP contribution in [0.3, 0.4) is 0 Å². The van der Waals surface area contributed by atoms with Gasteiger partial charge < -0.3 is 4.74 Å². The molecule has 2 aromatic carbocycles. The van der Waals surface area contributed by atoms with E-state index in [0.717, 1.165) is 18.6 Å². The van der Waals surface area contributed by atoms with E-state index < -0.39 is 0 Å². The van der Waals surface area contributed by atoms with Gasteiger partial charge in [0.1, 0.15) is 17.9 Å². The van der Waals surface area contributed by atoms with Gasteiger partial charge in [-0.05, 0) is 37.0 Å². The van der Waals surface area contributed by atoms with Crippen molar-refractivity contribution < 1.29 is 4.74 Å². The first-order chi connectivity index (χ1) is 10.8. The molecule has 1 fully saturated rings. The van der Waals surface area contributed by atoms with Gasteiger partial charge in [-0.3, -0.25) is 0 Å². The van der Waals surface area contributed by atoms with E-state index in [2.05, 4.69) is 30.3 Å². The molecule has 0 spiro atoms. The third-order valence-electron chi connectivity index (χ3n) is 4.28. The predicted molar refractivity (Wildman–Crippen MR) is 88.2 cm³/mol. The van der Waals surface area contributed by atoms with Crippen LogP contribution in [0.1, 0.15) is 42.7 Å². The lowest BCUT2D eigenvalue weighted by Crippen LogP contribution is -2.28. The molecule has 1 saturated carbocycles. The zero-order valence-corrected chi connectivity index (χ0v) is 13.1. The van der Waals surface area contributed by atoms with E-state index in [0.29, 0.717) is 16.5 Å². The molecule has 0 saturated heterocycles. The molecular weight excluding hydrogens is 294 g/mol. The van der Waals surface area contributed by atoms with Crippen LogP contribution in [0.5, 0.6) is 5.75 Å². The second kappa shape index (κ2) is 6.85. The Bertz CT molecular complexity index is 678. The van der Waals surface area contributed by atoms with Crippen molar-refractivity contribution in [2.75, 3.05) is 0 Å². The van der Waals surface area contributed by atoms with Gasteiger partial charge >= 0.3 is 0 Å². The fourth-order valence-electron chi connectivity index (χ4n) is 3.15. The molecule has 0 aromatic heterocycles. The van der Waals surface area contributed by atoms with E-state index in [9.17, 15) is 0 Å². The smallest absolute Gasteiger partial charge is 0.121 e. The molecule has 0 unspecified atom stereocenters. The van der Waals surface area contributed by atoms with E-state index in [1.165, 1.54) is 18.4 Å². The summed E-state index contributed by atoms with van der Waals surface area (Å²) in [7, 11) is 0. The quantitative estimate of drug-likeness (QED) is 0.769. The second-order valence-electron chi connectivity index (χ2n) is 5.71. The molecule has 0 heterocycles. The number of rotatable bonds is 3. The normalized spacial score (nSPS) is 21.1. The highest BCUT2D eigenvalue weighted by molar-refractivity contribution is 6.31. The van der Waals surface area contributed by atoms with Crippen LogP contribution >= 0.6 is 11.6 Å². The van der Waals surface area contributed by atoms with Crippen LogP contribution in [0, 0.1) is 11.3 Å². The minimum Gasteiger partial charge on any atom is -0.490 e. The monoisotopic (exact) mass is 311 g/mol. The summed E-state index contributed by atoms with van der Waals surface area (Å²) in [5, 5.41) is 9.40. The average molecular weight is 312 g/mol. The number of ether oxygens (including phenoxy) is 1. The topological polar surface area (TPSA) is 33.0 Å². The van der Waals surface area contributed by atoms with Crippen molar-refractivity contribution in [1.82, 2.24) is 0 Å². The Kier molecular flexibility index (Phi) is 4.65. The minimum absolute atomic E-state index is 0.167.